The molecule has 0 aliphatic rings. The summed E-state index contributed by atoms with van der Waals surface area (Å²) in [5.74, 6) is 1.16. The highest BCUT2D eigenvalue weighted by Crippen LogP contribution is 2.25. The lowest BCUT2D eigenvalue weighted by Gasteiger charge is -1.99. The van der Waals surface area contributed by atoms with Crippen LogP contribution in [0.1, 0.15) is 5.56 Å². The number of hydrogen-bond donors (Lipinski definition) is 1. The molecule has 1 N–H and O–H groups in total. The summed E-state index contributed by atoms with van der Waals surface area (Å²) >= 11 is 0. The summed E-state index contributed by atoms with van der Waals surface area (Å²) in [6, 6.07) is 8.83. The summed E-state index contributed by atoms with van der Waals surface area (Å²) in [7, 11) is 0. The summed E-state index contributed by atoms with van der Waals surface area (Å²) in [6.45, 7) is 1.82. The van der Waals surface area contributed by atoms with Gasteiger partial charge in [-0.1, -0.05) is 5.16 Å². The minimum atomic E-state index is 0.246. The molecule has 0 amide bonds. The number of aromatic hydroxyl groups is 1. The first-order chi connectivity index (χ1) is 9.24. The van der Waals surface area contributed by atoms with Gasteiger partial charge in [0.25, 0.3) is 5.89 Å². The molecule has 3 rings (SSSR count). The van der Waals surface area contributed by atoms with Crippen molar-refractivity contribution >= 4 is 0 Å². The van der Waals surface area contributed by atoms with Crippen LogP contribution in [-0.4, -0.2) is 20.2 Å². The van der Waals surface area contributed by atoms with E-state index in [0.29, 0.717) is 11.7 Å². The van der Waals surface area contributed by atoms with E-state index in [0.717, 1.165) is 16.7 Å². The lowest BCUT2D eigenvalue weighted by Crippen LogP contribution is -1.83. The number of rotatable bonds is 2. The Hall–Kier alpha value is -2.69. The number of nitrogens with zero attached hydrogens (tertiary/aromatic N) is 3. The van der Waals surface area contributed by atoms with Gasteiger partial charge in [-0.15, -0.1) is 0 Å². The lowest BCUT2D eigenvalue weighted by molar-refractivity contribution is 0.432. The van der Waals surface area contributed by atoms with E-state index in [9.17, 15) is 5.11 Å². The molecule has 2 aromatic heterocycles. The van der Waals surface area contributed by atoms with Crippen LogP contribution in [0.5, 0.6) is 5.75 Å². The van der Waals surface area contributed by atoms with Gasteiger partial charge in [0.1, 0.15) is 5.75 Å². The Balaban J connectivity index is 1.99. The van der Waals surface area contributed by atoms with Crippen LogP contribution in [0.2, 0.25) is 0 Å². The van der Waals surface area contributed by atoms with Gasteiger partial charge in [0.15, 0.2) is 0 Å². The zero-order chi connectivity index (χ0) is 13.2. The third kappa shape index (κ3) is 2.18. The number of aryl methyl sites for hydroxylation is 1. The van der Waals surface area contributed by atoms with Gasteiger partial charge in [-0.2, -0.15) is 4.98 Å². The highest BCUT2D eigenvalue weighted by atomic mass is 16.5. The van der Waals surface area contributed by atoms with E-state index in [1.54, 1.807) is 30.6 Å². The quantitative estimate of drug-likeness (QED) is 0.760. The van der Waals surface area contributed by atoms with Gasteiger partial charge >= 0.3 is 0 Å². The first-order valence-electron chi connectivity index (χ1n) is 5.78. The fraction of sp³-hybridized carbons (Fsp3) is 0.0714. The zero-order valence-corrected chi connectivity index (χ0v) is 10.2. The van der Waals surface area contributed by atoms with Crippen LogP contribution >= 0.6 is 0 Å². The van der Waals surface area contributed by atoms with Crippen LogP contribution in [0, 0.1) is 6.92 Å². The Morgan fingerprint density at radius 3 is 2.79 bits per heavy atom. The maximum absolute atomic E-state index is 9.50. The van der Waals surface area contributed by atoms with E-state index in [4.69, 9.17) is 4.52 Å². The number of pyridine rings is 1. The largest absolute Gasteiger partial charge is 0.508 e. The summed E-state index contributed by atoms with van der Waals surface area (Å²) in [6.07, 6.45) is 3.37. The Labute approximate surface area is 109 Å². The third-order valence-electron chi connectivity index (χ3n) is 2.79. The molecule has 0 spiro atoms. The zero-order valence-electron chi connectivity index (χ0n) is 10.2. The number of hydrogen-bond acceptors (Lipinski definition) is 5. The van der Waals surface area contributed by atoms with E-state index in [1.165, 1.54) is 0 Å². The van der Waals surface area contributed by atoms with Crippen LogP contribution in [0.3, 0.4) is 0 Å². The van der Waals surface area contributed by atoms with Crippen molar-refractivity contribution in [1.82, 2.24) is 15.1 Å². The Morgan fingerprint density at radius 2 is 2.05 bits per heavy atom. The fourth-order valence-corrected chi connectivity index (χ4v) is 1.74. The highest BCUT2D eigenvalue weighted by molar-refractivity contribution is 5.60. The Morgan fingerprint density at radius 1 is 1.16 bits per heavy atom. The predicted octanol–water partition coefficient (Wildman–Crippen LogP) is 2.81. The Kier molecular flexibility index (Phi) is 2.72. The summed E-state index contributed by atoms with van der Waals surface area (Å²) in [5.41, 5.74) is 2.34. The maximum Gasteiger partial charge on any atom is 0.258 e. The molecule has 0 aliphatic heterocycles. The van der Waals surface area contributed by atoms with Crippen LogP contribution in [0.4, 0.5) is 0 Å². The monoisotopic (exact) mass is 253 g/mol. The first kappa shape index (κ1) is 11.4. The van der Waals surface area contributed by atoms with E-state index < -0.39 is 0 Å². The first-order valence-corrected chi connectivity index (χ1v) is 5.78. The molecule has 5 heteroatoms. The molecule has 19 heavy (non-hydrogen) atoms. The average molecular weight is 253 g/mol. The minimum absolute atomic E-state index is 0.246. The highest BCUT2D eigenvalue weighted by Gasteiger charge is 2.11. The van der Waals surface area contributed by atoms with Crippen molar-refractivity contribution in [3.8, 4) is 28.6 Å². The molecular weight excluding hydrogens is 242 g/mol. The summed E-state index contributed by atoms with van der Waals surface area (Å²) in [5, 5.41) is 13.4. The normalized spacial score (nSPS) is 10.6. The second-order valence-electron chi connectivity index (χ2n) is 4.17. The average Bonchev–Trinajstić information content (AvgIpc) is 2.93. The van der Waals surface area contributed by atoms with Gasteiger partial charge in [-0.05, 0) is 42.8 Å². The Bertz CT molecular complexity index is 708. The van der Waals surface area contributed by atoms with Crippen LogP contribution < -0.4 is 0 Å². The molecule has 94 valence electrons. The number of phenols is 1. The number of benzene rings is 1. The molecule has 1 aromatic carbocycles. The molecule has 0 bridgehead atoms. The molecule has 2 heterocycles. The molecular formula is C14H11N3O2. The molecule has 0 fully saturated rings. The topological polar surface area (TPSA) is 72.0 Å². The van der Waals surface area contributed by atoms with Crippen LogP contribution in [0.25, 0.3) is 22.8 Å². The number of phenolic OH excluding ortho intramolecular Hbond substituents is 1. The van der Waals surface area contributed by atoms with Crippen molar-refractivity contribution in [3.63, 3.8) is 0 Å². The second-order valence-corrected chi connectivity index (χ2v) is 4.17. The van der Waals surface area contributed by atoms with E-state index in [1.807, 2.05) is 19.1 Å². The molecule has 0 saturated heterocycles. The van der Waals surface area contributed by atoms with Crippen LogP contribution in [0.15, 0.2) is 47.2 Å². The van der Waals surface area contributed by atoms with E-state index >= 15 is 0 Å². The molecule has 0 unspecified atom stereocenters. The minimum Gasteiger partial charge on any atom is -0.508 e. The van der Waals surface area contributed by atoms with Crippen molar-refractivity contribution in [2.75, 3.05) is 0 Å². The fourth-order valence-electron chi connectivity index (χ4n) is 1.74. The van der Waals surface area contributed by atoms with Gasteiger partial charge < -0.3 is 9.63 Å². The standard InChI is InChI=1S/C14H11N3O2/c1-9-7-10(4-5-12(9)18)14-16-13(17-19-14)11-3-2-6-15-8-11/h2-8,18H,1H3. The molecule has 3 aromatic rings. The molecule has 0 radical (unpaired) electrons. The maximum atomic E-state index is 9.50. The third-order valence-corrected chi connectivity index (χ3v) is 2.79. The van der Waals surface area contributed by atoms with Crippen molar-refractivity contribution in [1.29, 1.82) is 0 Å². The molecule has 0 atom stereocenters. The van der Waals surface area contributed by atoms with Gasteiger partial charge in [-0.3, -0.25) is 4.98 Å². The SMILES string of the molecule is Cc1cc(-c2nc(-c3cccnc3)no2)ccc1O. The van der Waals surface area contributed by atoms with Crippen molar-refractivity contribution < 1.29 is 9.63 Å². The molecule has 5 nitrogen and oxygen atoms in total. The second kappa shape index (κ2) is 4.53. The summed E-state index contributed by atoms with van der Waals surface area (Å²) < 4.78 is 5.23. The molecule has 0 saturated carbocycles. The van der Waals surface area contributed by atoms with Gasteiger partial charge in [0.05, 0.1) is 0 Å². The van der Waals surface area contributed by atoms with Gasteiger partial charge in [0.2, 0.25) is 5.82 Å². The summed E-state index contributed by atoms with van der Waals surface area (Å²) in [4.78, 5) is 8.34. The molecule has 0 aliphatic carbocycles. The number of aromatic nitrogens is 3. The smallest absolute Gasteiger partial charge is 0.258 e. The predicted molar refractivity (Wildman–Crippen MR) is 69.4 cm³/mol. The lowest BCUT2D eigenvalue weighted by atomic mass is 10.1. The van der Waals surface area contributed by atoms with Crippen molar-refractivity contribution in [2.24, 2.45) is 0 Å². The van der Waals surface area contributed by atoms with Crippen LogP contribution in [-0.2, 0) is 0 Å². The van der Waals surface area contributed by atoms with E-state index in [-0.39, 0.29) is 5.75 Å². The van der Waals surface area contributed by atoms with Gasteiger partial charge in [-0.25, -0.2) is 0 Å². The van der Waals surface area contributed by atoms with Crippen molar-refractivity contribution in [2.45, 2.75) is 6.92 Å². The van der Waals surface area contributed by atoms with Gasteiger partial charge in [0, 0.05) is 23.5 Å². The van der Waals surface area contributed by atoms with E-state index in [2.05, 4.69) is 15.1 Å². The van der Waals surface area contributed by atoms with Crippen molar-refractivity contribution in [3.05, 3.63) is 48.3 Å².